The van der Waals surface area contributed by atoms with Gasteiger partial charge in [-0.25, -0.2) is 0 Å². The van der Waals surface area contributed by atoms with Crippen LogP contribution in [-0.2, 0) is 6.54 Å². The molecule has 0 heterocycles. The van der Waals surface area contributed by atoms with Crippen molar-refractivity contribution in [1.29, 1.82) is 0 Å². The molecule has 0 bridgehead atoms. The van der Waals surface area contributed by atoms with Crippen LogP contribution in [0.25, 0.3) is 0 Å². The van der Waals surface area contributed by atoms with Crippen molar-refractivity contribution in [3.8, 4) is 0 Å². The van der Waals surface area contributed by atoms with E-state index >= 15 is 0 Å². The molecule has 0 unspecified atom stereocenters. The van der Waals surface area contributed by atoms with Crippen molar-refractivity contribution in [3.63, 3.8) is 0 Å². The Labute approximate surface area is 124 Å². The first-order chi connectivity index (χ1) is 9.61. The molecule has 2 rings (SSSR count). The number of nitrogens with one attached hydrogen (secondary N) is 1. The SMILES string of the molecule is CCN(c1ccc(C)cc1CNC(C)C)C1CCCC1. The molecule has 1 saturated carbocycles. The van der Waals surface area contributed by atoms with Crippen LogP contribution >= 0.6 is 0 Å². The standard InChI is InChI=1S/C18H30N2/c1-5-20(17-8-6-7-9-17)18-11-10-15(4)12-16(18)13-19-14(2)3/h10-12,14,17,19H,5-9,13H2,1-4H3. The Morgan fingerprint density at radius 3 is 2.55 bits per heavy atom. The van der Waals surface area contributed by atoms with Crippen molar-refractivity contribution < 1.29 is 0 Å². The fourth-order valence-corrected chi connectivity index (χ4v) is 3.29. The van der Waals surface area contributed by atoms with E-state index in [2.05, 4.69) is 56.1 Å². The molecule has 20 heavy (non-hydrogen) atoms. The third kappa shape index (κ3) is 3.76. The lowest BCUT2D eigenvalue weighted by atomic mass is 10.1. The second-order valence-electron chi connectivity index (χ2n) is 6.39. The van der Waals surface area contributed by atoms with Crippen LogP contribution in [0.15, 0.2) is 18.2 Å². The number of benzene rings is 1. The van der Waals surface area contributed by atoms with Crippen LogP contribution in [0.5, 0.6) is 0 Å². The fraction of sp³-hybridized carbons (Fsp3) is 0.667. The summed E-state index contributed by atoms with van der Waals surface area (Å²) in [5, 5.41) is 3.57. The van der Waals surface area contributed by atoms with Gasteiger partial charge in [0.15, 0.2) is 0 Å². The van der Waals surface area contributed by atoms with Gasteiger partial charge in [-0.15, -0.1) is 0 Å². The fourth-order valence-electron chi connectivity index (χ4n) is 3.29. The molecule has 2 nitrogen and oxygen atoms in total. The van der Waals surface area contributed by atoms with Crippen LogP contribution in [0.4, 0.5) is 5.69 Å². The summed E-state index contributed by atoms with van der Waals surface area (Å²) in [6, 6.07) is 8.22. The summed E-state index contributed by atoms with van der Waals surface area (Å²) in [7, 11) is 0. The summed E-state index contributed by atoms with van der Waals surface area (Å²) in [5.41, 5.74) is 4.25. The van der Waals surface area contributed by atoms with Crippen LogP contribution < -0.4 is 10.2 Å². The Balaban J connectivity index is 2.23. The van der Waals surface area contributed by atoms with Gasteiger partial charge in [0.1, 0.15) is 0 Å². The van der Waals surface area contributed by atoms with E-state index in [1.165, 1.54) is 42.5 Å². The first kappa shape index (κ1) is 15.4. The highest BCUT2D eigenvalue weighted by Crippen LogP contribution is 2.30. The van der Waals surface area contributed by atoms with Gasteiger partial charge < -0.3 is 10.2 Å². The predicted molar refractivity (Wildman–Crippen MR) is 88.4 cm³/mol. The molecule has 0 radical (unpaired) electrons. The average Bonchev–Trinajstić information content (AvgIpc) is 2.93. The molecular formula is C18H30N2. The van der Waals surface area contributed by atoms with Crippen LogP contribution in [-0.4, -0.2) is 18.6 Å². The second kappa shape index (κ2) is 7.12. The monoisotopic (exact) mass is 274 g/mol. The maximum absolute atomic E-state index is 3.57. The molecule has 2 heteroatoms. The Morgan fingerprint density at radius 1 is 1.25 bits per heavy atom. The van der Waals surface area contributed by atoms with Crippen molar-refractivity contribution in [2.75, 3.05) is 11.4 Å². The Hall–Kier alpha value is -1.02. The van der Waals surface area contributed by atoms with Gasteiger partial charge in [-0.1, -0.05) is 44.4 Å². The van der Waals surface area contributed by atoms with Gasteiger partial charge in [-0.2, -0.15) is 0 Å². The van der Waals surface area contributed by atoms with E-state index in [1.807, 2.05) is 0 Å². The third-order valence-electron chi connectivity index (χ3n) is 4.35. The summed E-state index contributed by atoms with van der Waals surface area (Å²) >= 11 is 0. The zero-order chi connectivity index (χ0) is 14.5. The summed E-state index contributed by atoms with van der Waals surface area (Å²) in [4.78, 5) is 2.63. The summed E-state index contributed by atoms with van der Waals surface area (Å²) in [5.74, 6) is 0. The first-order valence-electron chi connectivity index (χ1n) is 8.21. The predicted octanol–water partition coefficient (Wildman–Crippen LogP) is 4.26. The molecule has 0 amide bonds. The molecule has 0 spiro atoms. The zero-order valence-corrected chi connectivity index (χ0v) is 13.6. The molecule has 1 aromatic carbocycles. The van der Waals surface area contributed by atoms with Crippen LogP contribution in [0.3, 0.4) is 0 Å². The highest BCUT2D eigenvalue weighted by atomic mass is 15.2. The second-order valence-corrected chi connectivity index (χ2v) is 6.39. The average molecular weight is 274 g/mol. The molecule has 0 aliphatic heterocycles. The van der Waals surface area contributed by atoms with Crippen LogP contribution in [0.2, 0.25) is 0 Å². The third-order valence-corrected chi connectivity index (χ3v) is 4.35. The topological polar surface area (TPSA) is 15.3 Å². The normalized spacial score (nSPS) is 16.1. The van der Waals surface area contributed by atoms with Gasteiger partial charge in [-0.05, 0) is 38.3 Å². The molecule has 1 N–H and O–H groups in total. The van der Waals surface area contributed by atoms with E-state index in [0.29, 0.717) is 6.04 Å². The number of aryl methyl sites for hydroxylation is 1. The smallest absolute Gasteiger partial charge is 0.0414 e. The first-order valence-corrected chi connectivity index (χ1v) is 8.21. The van der Waals surface area contributed by atoms with Crippen molar-refractivity contribution in [2.24, 2.45) is 0 Å². The molecule has 1 fully saturated rings. The van der Waals surface area contributed by atoms with Gasteiger partial charge >= 0.3 is 0 Å². The molecule has 0 atom stereocenters. The number of anilines is 1. The Bertz CT molecular complexity index is 419. The number of rotatable bonds is 6. The minimum Gasteiger partial charge on any atom is -0.369 e. The minimum absolute atomic E-state index is 0.532. The number of hydrogen-bond donors (Lipinski definition) is 1. The van der Waals surface area contributed by atoms with E-state index < -0.39 is 0 Å². The molecular weight excluding hydrogens is 244 g/mol. The van der Waals surface area contributed by atoms with E-state index in [9.17, 15) is 0 Å². The van der Waals surface area contributed by atoms with E-state index in [0.717, 1.165) is 19.1 Å². The lowest BCUT2D eigenvalue weighted by Crippen LogP contribution is -2.34. The molecule has 1 aliphatic rings. The van der Waals surface area contributed by atoms with Crippen molar-refractivity contribution in [3.05, 3.63) is 29.3 Å². The van der Waals surface area contributed by atoms with Gasteiger partial charge in [0.05, 0.1) is 0 Å². The summed E-state index contributed by atoms with van der Waals surface area (Å²) < 4.78 is 0. The summed E-state index contributed by atoms with van der Waals surface area (Å²) in [6.45, 7) is 11.0. The van der Waals surface area contributed by atoms with E-state index in [-0.39, 0.29) is 0 Å². The van der Waals surface area contributed by atoms with Gasteiger partial charge in [0, 0.05) is 30.9 Å². The molecule has 112 valence electrons. The van der Waals surface area contributed by atoms with Crippen molar-refractivity contribution in [1.82, 2.24) is 5.32 Å². The number of hydrogen-bond acceptors (Lipinski definition) is 2. The van der Waals surface area contributed by atoms with Crippen LogP contribution in [0, 0.1) is 6.92 Å². The van der Waals surface area contributed by atoms with E-state index in [4.69, 9.17) is 0 Å². The highest BCUT2D eigenvalue weighted by Gasteiger charge is 2.23. The largest absolute Gasteiger partial charge is 0.369 e. The zero-order valence-electron chi connectivity index (χ0n) is 13.6. The van der Waals surface area contributed by atoms with Crippen molar-refractivity contribution >= 4 is 5.69 Å². The Kier molecular flexibility index (Phi) is 5.47. The maximum Gasteiger partial charge on any atom is 0.0414 e. The van der Waals surface area contributed by atoms with Gasteiger partial charge in [0.2, 0.25) is 0 Å². The van der Waals surface area contributed by atoms with Crippen LogP contribution in [0.1, 0.15) is 57.6 Å². The maximum atomic E-state index is 3.57. The quantitative estimate of drug-likeness (QED) is 0.833. The minimum atomic E-state index is 0.532. The lowest BCUT2D eigenvalue weighted by molar-refractivity contribution is 0.580. The van der Waals surface area contributed by atoms with Gasteiger partial charge in [0.25, 0.3) is 0 Å². The molecule has 1 aliphatic carbocycles. The number of nitrogens with zero attached hydrogens (tertiary/aromatic N) is 1. The lowest BCUT2D eigenvalue weighted by Gasteiger charge is -2.32. The Morgan fingerprint density at radius 2 is 1.95 bits per heavy atom. The van der Waals surface area contributed by atoms with Gasteiger partial charge in [-0.3, -0.25) is 0 Å². The molecule has 0 aromatic heterocycles. The highest BCUT2D eigenvalue weighted by molar-refractivity contribution is 5.56. The summed E-state index contributed by atoms with van der Waals surface area (Å²) in [6.07, 6.45) is 5.51. The van der Waals surface area contributed by atoms with E-state index in [1.54, 1.807) is 0 Å². The van der Waals surface area contributed by atoms with Crippen molar-refractivity contribution in [2.45, 2.75) is 72.0 Å². The molecule has 1 aromatic rings. The molecule has 0 saturated heterocycles.